The topological polar surface area (TPSA) is 0 Å². The number of hydrogen-bond acceptors (Lipinski definition) is 0. The van der Waals surface area contributed by atoms with Gasteiger partial charge < -0.3 is 0 Å². The van der Waals surface area contributed by atoms with Crippen LogP contribution in [0, 0.1) is 0 Å². The molecule has 0 amide bonds. The van der Waals surface area contributed by atoms with Gasteiger partial charge in [0.25, 0.3) is 0 Å². The van der Waals surface area contributed by atoms with Gasteiger partial charge in [-0.1, -0.05) is 0 Å². The molecule has 0 fully saturated rings. The second kappa shape index (κ2) is 7.94. The molecule has 2 aliphatic carbocycles. The molecular weight excluding hydrogens is 416 g/mol. The summed E-state index contributed by atoms with van der Waals surface area (Å²) in [4.78, 5) is 0. The molecule has 134 valence electrons. The van der Waals surface area contributed by atoms with Crippen molar-refractivity contribution in [3.8, 4) is 0 Å². The summed E-state index contributed by atoms with van der Waals surface area (Å²) in [5.74, 6) is 0. The summed E-state index contributed by atoms with van der Waals surface area (Å²) < 4.78 is 3.86. The minimum atomic E-state index is -2.28. The van der Waals surface area contributed by atoms with Crippen molar-refractivity contribution in [1.82, 2.24) is 0 Å². The monoisotopic (exact) mass is 436 g/mol. The van der Waals surface area contributed by atoms with E-state index in [-0.39, 0.29) is 0 Å². The molecule has 3 aromatic rings. The number of allylic oxidation sites excluding steroid dienone is 5. The molecule has 0 saturated heterocycles. The van der Waals surface area contributed by atoms with Crippen molar-refractivity contribution in [3.05, 3.63) is 135 Å². The molecule has 28 heavy (non-hydrogen) atoms. The Morgan fingerprint density at radius 3 is 2.04 bits per heavy atom. The third-order valence-electron chi connectivity index (χ3n) is 5.62. The SMILES string of the molecule is C1=CC[C]([Zr](=[C](c2ccccc2)c2ccccc2)[CH]2C=Cc3ccccc32)=C1. The van der Waals surface area contributed by atoms with Crippen molar-refractivity contribution in [3.63, 3.8) is 0 Å². The summed E-state index contributed by atoms with van der Waals surface area (Å²) in [6.45, 7) is 0. The molecule has 0 aliphatic heterocycles. The van der Waals surface area contributed by atoms with Crippen LogP contribution in [-0.2, 0) is 21.3 Å². The Labute approximate surface area is 174 Å². The van der Waals surface area contributed by atoms with Crippen molar-refractivity contribution < 1.29 is 21.3 Å². The fourth-order valence-corrected chi connectivity index (χ4v) is 12.9. The molecule has 0 aromatic heterocycles. The molecule has 0 N–H and O–H groups in total. The predicted octanol–water partition coefficient (Wildman–Crippen LogP) is 6.49. The molecule has 0 radical (unpaired) electrons. The van der Waals surface area contributed by atoms with Crippen LogP contribution in [0.2, 0.25) is 0 Å². The first-order chi connectivity index (χ1) is 13.9. The zero-order chi connectivity index (χ0) is 18.8. The first-order valence-corrected chi connectivity index (χ1v) is 13.8. The van der Waals surface area contributed by atoms with Crippen LogP contribution in [0.25, 0.3) is 6.08 Å². The Bertz CT molecular complexity index is 1070. The van der Waals surface area contributed by atoms with E-state index in [4.69, 9.17) is 0 Å². The van der Waals surface area contributed by atoms with E-state index < -0.39 is 21.3 Å². The van der Waals surface area contributed by atoms with Crippen molar-refractivity contribution in [2.75, 3.05) is 0 Å². The van der Waals surface area contributed by atoms with Crippen LogP contribution >= 0.6 is 0 Å². The molecule has 5 rings (SSSR count). The summed E-state index contributed by atoms with van der Waals surface area (Å²) in [5, 5.41) is 0. The molecule has 0 saturated carbocycles. The van der Waals surface area contributed by atoms with Gasteiger partial charge in [0.05, 0.1) is 0 Å². The van der Waals surface area contributed by atoms with Crippen LogP contribution < -0.4 is 0 Å². The van der Waals surface area contributed by atoms with Crippen LogP contribution in [0.5, 0.6) is 0 Å². The first-order valence-electron chi connectivity index (χ1n) is 9.90. The zero-order valence-corrected chi connectivity index (χ0v) is 18.2. The van der Waals surface area contributed by atoms with E-state index in [0.29, 0.717) is 3.63 Å². The van der Waals surface area contributed by atoms with Gasteiger partial charge in [0.15, 0.2) is 0 Å². The van der Waals surface area contributed by atoms with Crippen molar-refractivity contribution in [1.29, 1.82) is 0 Å². The second-order valence-corrected chi connectivity index (χ2v) is 13.7. The average molecular weight is 438 g/mol. The van der Waals surface area contributed by atoms with Crippen LogP contribution in [-0.4, -0.2) is 3.21 Å². The molecule has 0 nitrogen and oxygen atoms in total. The zero-order valence-electron chi connectivity index (χ0n) is 15.8. The molecule has 0 bridgehead atoms. The molecule has 1 unspecified atom stereocenters. The van der Waals surface area contributed by atoms with Gasteiger partial charge >= 0.3 is 175 Å². The van der Waals surface area contributed by atoms with Crippen LogP contribution in [0.15, 0.2) is 113 Å². The van der Waals surface area contributed by atoms with E-state index in [9.17, 15) is 0 Å². The van der Waals surface area contributed by atoms with Gasteiger partial charge in [-0.3, -0.25) is 0 Å². The summed E-state index contributed by atoms with van der Waals surface area (Å²) in [6, 6.07) is 31.1. The minimum absolute atomic E-state index is 0.556. The number of hydrogen-bond donors (Lipinski definition) is 0. The van der Waals surface area contributed by atoms with Crippen molar-refractivity contribution >= 4 is 9.28 Å². The standard InChI is InChI=1S/C13H10.C9H7.C5H5.Zr/c1-3-7-12(8-4-1)11-13-9-5-2-6-10-13;1-2-5-9-7-3-6-8(9)4-1;1-2-4-5-3-1;/h1-10H;1-7H;1-3H,4H2;. The van der Waals surface area contributed by atoms with E-state index in [2.05, 4.69) is 115 Å². The summed E-state index contributed by atoms with van der Waals surface area (Å²) in [5.41, 5.74) is 5.72. The molecule has 0 spiro atoms. The van der Waals surface area contributed by atoms with E-state index in [1.54, 1.807) is 6.49 Å². The van der Waals surface area contributed by atoms with E-state index >= 15 is 0 Å². The Hall–Kier alpha value is -2.37. The van der Waals surface area contributed by atoms with E-state index in [1.807, 2.05) is 0 Å². The van der Waals surface area contributed by atoms with Gasteiger partial charge in [-0.05, 0) is 0 Å². The molecule has 2 aliphatic rings. The van der Waals surface area contributed by atoms with Gasteiger partial charge in [-0.25, -0.2) is 0 Å². The molecular formula is C27H22Zr. The Balaban J connectivity index is 1.80. The summed E-state index contributed by atoms with van der Waals surface area (Å²) >= 11 is -2.28. The average Bonchev–Trinajstić information content (AvgIpc) is 3.44. The third kappa shape index (κ3) is 3.29. The summed E-state index contributed by atoms with van der Waals surface area (Å²) in [7, 11) is 0. The van der Waals surface area contributed by atoms with Crippen LogP contribution in [0.3, 0.4) is 0 Å². The van der Waals surface area contributed by atoms with Crippen LogP contribution in [0.4, 0.5) is 0 Å². The Morgan fingerprint density at radius 1 is 0.750 bits per heavy atom. The second-order valence-electron chi connectivity index (χ2n) is 7.31. The number of rotatable bonds is 4. The number of fused-ring (bicyclic) bond motifs is 1. The molecule has 3 aromatic carbocycles. The van der Waals surface area contributed by atoms with E-state index in [1.165, 1.54) is 22.3 Å². The Morgan fingerprint density at radius 2 is 1.39 bits per heavy atom. The normalized spacial score (nSPS) is 16.7. The maximum atomic E-state index is 2.49. The Kier molecular flexibility index (Phi) is 5.02. The fourth-order valence-electron chi connectivity index (χ4n) is 4.35. The van der Waals surface area contributed by atoms with Gasteiger partial charge in [0.1, 0.15) is 0 Å². The van der Waals surface area contributed by atoms with E-state index in [0.717, 1.165) is 6.42 Å². The fraction of sp³-hybridized carbons (Fsp3) is 0.0741. The van der Waals surface area contributed by atoms with Crippen LogP contribution in [0.1, 0.15) is 32.3 Å². The molecule has 1 atom stereocenters. The van der Waals surface area contributed by atoms with Gasteiger partial charge in [-0.2, -0.15) is 0 Å². The molecule has 1 heteroatoms. The van der Waals surface area contributed by atoms with Gasteiger partial charge in [0, 0.05) is 0 Å². The third-order valence-corrected chi connectivity index (χ3v) is 13.7. The van der Waals surface area contributed by atoms with Crippen molar-refractivity contribution in [2.24, 2.45) is 0 Å². The number of benzene rings is 3. The maximum absolute atomic E-state index is 2.49. The van der Waals surface area contributed by atoms with Gasteiger partial charge in [0.2, 0.25) is 0 Å². The molecule has 0 heterocycles. The van der Waals surface area contributed by atoms with Gasteiger partial charge in [-0.15, -0.1) is 0 Å². The summed E-state index contributed by atoms with van der Waals surface area (Å²) in [6.07, 6.45) is 12.9. The van der Waals surface area contributed by atoms with Crippen molar-refractivity contribution in [2.45, 2.75) is 10.0 Å². The predicted molar refractivity (Wildman–Crippen MR) is 116 cm³/mol. The first kappa shape index (κ1) is 17.7. The quantitative estimate of drug-likeness (QED) is 0.438.